The standard InChI is InChI=1S/C11H14ClNO/c1-13-10-9-7(6-8(12)14-9)2-3-11(10)4-5-11/h6,10,13H,2-5H2,1H3. The van der Waals surface area contributed by atoms with E-state index in [1.807, 2.05) is 13.1 Å². The van der Waals surface area contributed by atoms with Gasteiger partial charge >= 0.3 is 0 Å². The minimum absolute atomic E-state index is 0.388. The molecule has 1 fully saturated rings. The average molecular weight is 212 g/mol. The lowest BCUT2D eigenvalue weighted by molar-refractivity contribution is 0.266. The van der Waals surface area contributed by atoms with Gasteiger partial charge in [0.1, 0.15) is 5.76 Å². The summed E-state index contributed by atoms with van der Waals surface area (Å²) in [6.07, 6.45) is 5.07. The van der Waals surface area contributed by atoms with Crippen LogP contribution in [-0.2, 0) is 6.42 Å². The first-order valence-corrected chi connectivity index (χ1v) is 5.58. The lowest BCUT2D eigenvalue weighted by Gasteiger charge is -2.30. The number of hydrogen-bond acceptors (Lipinski definition) is 2. The van der Waals surface area contributed by atoms with E-state index < -0.39 is 0 Å². The number of nitrogens with one attached hydrogen (secondary N) is 1. The first kappa shape index (κ1) is 8.81. The molecule has 0 aliphatic heterocycles. The molecule has 2 aliphatic carbocycles. The first-order valence-electron chi connectivity index (χ1n) is 5.20. The minimum atomic E-state index is 0.388. The van der Waals surface area contributed by atoms with Crippen molar-refractivity contribution < 1.29 is 4.42 Å². The maximum absolute atomic E-state index is 5.89. The molecule has 1 atom stereocenters. The van der Waals surface area contributed by atoms with E-state index in [-0.39, 0.29) is 0 Å². The smallest absolute Gasteiger partial charge is 0.193 e. The third-order valence-electron chi connectivity index (χ3n) is 3.76. The molecule has 14 heavy (non-hydrogen) atoms. The van der Waals surface area contributed by atoms with Crippen molar-refractivity contribution in [1.29, 1.82) is 0 Å². The van der Waals surface area contributed by atoms with Crippen LogP contribution in [0.25, 0.3) is 0 Å². The van der Waals surface area contributed by atoms with Gasteiger partial charge in [0.2, 0.25) is 0 Å². The molecule has 76 valence electrons. The van der Waals surface area contributed by atoms with Crippen LogP contribution in [-0.4, -0.2) is 7.05 Å². The van der Waals surface area contributed by atoms with Crippen LogP contribution in [0.3, 0.4) is 0 Å². The molecular formula is C11H14ClNO. The third-order valence-corrected chi connectivity index (χ3v) is 3.95. The van der Waals surface area contributed by atoms with Gasteiger partial charge in [0.15, 0.2) is 5.22 Å². The summed E-state index contributed by atoms with van der Waals surface area (Å²) in [6.45, 7) is 0. The quantitative estimate of drug-likeness (QED) is 0.773. The van der Waals surface area contributed by atoms with Gasteiger partial charge in [-0.05, 0) is 61.4 Å². The van der Waals surface area contributed by atoms with Gasteiger partial charge in [-0.1, -0.05) is 0 Å². The molecule has 1 unspecified atom stereocenters. The molecule has 1 aromatic rings. The van der Waals surface area contributed by atoms with Crippen LogP contribution < -0.4 is 5.32 Å². The van der Waals surface area contributed by atoms with Crippen molar-refractivity contribution in [2.45, 2.75) is 31.7 Å². The van der Waals surface area contributed by atoms with Crippen LogP contribution in [0.1, 0.15) is 36.6 Å². The zero-order chi connectivity index (χ0) is 9.76. The second kappa shape index (κ2) is 2.77. The Hall–Kier alpha value is -0.470. The van der Waals surface area contributed by atoms with E-state index in [2.05, 4.69) is 5.32 Å². The molecule has 0 radical (unpaired) electrons. The predicted molar refractivity (Wildman–Crippen MR) is 55.5 cm³/mol. The van der Waals surface area contributed by atoms with E-state index in [4.69, 9.17) is 16.0 Å². The van der Waals surface area contributed by atoms with E-state index in [9.17, 15) is 0 Å². The third kappa shape index (κ3) is 1.07. The van der Waals surface area contributed by atoms with E-state index >= 15 is 0 Å². The summed E-state index contributed by atoms with van der Waals surface area (Å²) in [4.78, 5) is 0. The summed E-state index contributed by atoms with van der Waals surface area (Å²) in [5, 5.41) is 3.91. The van der Waals surface area contributed by atoms with E-state index in [0.717, 1.165) is 12.2 Å². The largest absolute Gasteiger partial charge is 0.448 e. The Morgan fingerprint density at radius 2 is 2.29 bits per heavy atom. The van der Waals surface area contributed by atoms with Crippen molar-refractivity contribution >= 4 is 11.6 Å². The van der Waals surface area contributed by atoms with E-state index in [1.165, 1.54) is 24.8 Å². The van der Waals surface area contributed by atoms with Crippen molar-refractivity contribution in [3.63, 3.8) is 0 Å². The maximum Gasteiger partial charge on any atom is 0.193 e. The lowest BCUT2D eigenvalue weighted by atomic mass is 9.81. The zero-order valence-electron chi connectivity index (χ0n) is 8.27. The van der Waals surface area contributed by atoms with Crippen molar-refractivity contribution in [3.05, 3.63) is 22.6 Å². The van der Waals surface area contributed by atoms with Gasteiger partial charge in [0.25, 0.3) is 0 Å². The van der Waals surface area contributed by atoms with Gasteiger partial charge in [-0.3, -0.25) is 0 Å². The summed E-state index contributed by atoms with van der Waals surface area (Å²) < 4.78 is 5.59. The van der Waals surface area contributed by atoms with E-state index in [1.54, 1.807) is 0 Å². The normalized spacial score (nSPS) is 27.7. The first-order chi connectivity index (χ1) is 6.75. The van der Waals surface area contributed by atoms with Crippen LogP contribution in [0.2, 0.25) is 5.22 Å². The number of hydrogen-bond donors (Lipinski definition) is 1. The molecule has 0 saturated heterocycles. The fourth-order valence-electron chi connectivity index (χ4n) is 2.79. The van der Waals surface area contributed by atoms with Gasteiger partial charge in [0, 0.05) is 0 Å². The molecule has 3 rings (SSSR count). The zero-order valence-corrected chi connectivity index (χ0v) is 9.03. The molecule has 3 heteroatoms. The summed E-state index contributed by atoms with van der Waals surface area (Å²) in [5.74, 6) is 1.08. The Labute approximate surface area is 88.6 Å². The molecule has 1 N–H and O–H groups in total. The van der Waals surface area contributed by atoms with Gasteiger partial charge in [-0.15, -0.1) is 0 Å². The fourth-order valence-corrected chi connectivity index (χ4v) is 3.01. The second-order valence-corrected chi connectivity index (χ2v) is 4.90. The van der Waals surface area contributed by atoms with Crippen LogP contribution in [0.15, 0.2) is 10.5 Å². The van der Waals surface area contributed by atoms with Gasteiger partial charge in [-0.2, -0.15) is 0 Å². The van der Waals surface area contributed by atoms with Crippen LogP contribution in [0.5, 0.6) is 0 Å². The Morgan fingerprint density at radius 1 is 1.50 bits per heavy atom. The second-order valence-electron chi connectivity index (χ2n) is 4.52. The Morgan fingerprint density at radius 3 is 2.93 bits per heavy atom. The number of rotatable bonds is 1. The van der Waals surface area contributed by atoms with Crippen molar-refractivity contribution in [1.82, 2.24) is 5.32 Å². The predicted octanol–water partition coefficient (Wildman–Crippen LogP) is 2.92. The SMILES string of the molecule is CNC1c2oc(Cl)cc2CCC12CC2. The molecule has 0 bridgehead atoms. The van der Waals surface area contributed by atoms with Crippen molar-refractivity contribution in [2.75, 3.05) is 7.05 Å². The van der Waals surface area contributed by atoms with Crippen molar-refractivity contribution in [3.8, 4) is 0 Å². The average Bonchev–Trinajstić information content (AvgIpc) is 2.82. The van der Waals surface area contributed by atoms with Crippen molar-refractivity contribution in [2.24, 2.45) is 5.41 Å². The topological polar surface area (TPSA) is 25.2 Å². The highest BCUT2D eigenvalue weighted by Gasteiger charge is 2.53. The summed E-state index contributed by atoms with van der Waals surface area (Å²) in [6, 6.07) is 2.36. The maximum atomic E-state index is 5.89. The van der Waals surface area contributed by atoms with Gasteiger partial charge < -0.3 is 9.73 Å². The number of furan rings is 1. The Bertz CT molecular complexity index is 367. The van der Waals surface area contributed by atoms with Crippen LogP contribution in [0, 0.1) is 5.41 Å². The van der Waals surface area contributed by atoms with Gasteiger partial charge in [-0.25, -0.2) is 0 Å². The molecule has 1 saturated carbocycles. The number of aryl methyl sites for hydroxylation is 1. The number of fused-ring (bicyclic) bond motifs is 1. The highest BCUT2D eigenvalue weighted by molar-refractivity contribution is 6.28. The minimum Gasteiger partial charge on any atom is -0.448 e. The Kier molecular flexibility index (Phi) is 1.74. The summed E-state index contributed by atoms with van der Waals surface area (Å²) >= 11 is 5.89. The molecule has 1 heterocycles. The number of halogens is 1. The molecule has 2 nitrogen and oxygen atoms in total. The Balaban J connectivity index is 2.05. The fraction of sp³-hybridized carbons (Fsp3) is 0.636. The summed E-state index contributed by atoms with van der Waals surface area (Å²) in [7, 11) is 2.01. The molecule has 2 aliphatic rings. The van der Waals surface area contributed by atoms with Crippen LogP contribution >= 0.6 is 11.6 Å². The van der Waals surface area contributed by atoms with Crippen LogP contribution in [0.4, 0.5) is 0 Å². The molecular weight excluding hydrogens is 198 g/mol. The molecule has 1 aromatic heterocycles. The molecule has 1 spiro atoms. The van der Waals surface area contributed by atoms with E-state index in [0.29, 0.717) is 16.7 Å². The molecule has 0 amide bonds. The van der Waals surface area contributed by atoms with Gasteiger partial charge in [0.05, 0.1) is 6.04 Å². The highest BCUT2D eigenvalue weighted by atomic mass is 35.5. The lowest BCUT2D eigenvalue weighted by Crippen LogP contribution is -2.30. The molecule has 0 aromatic carbocycles. The highest BCUT2D eigenvalue weighted by Crippen LogP contribution is 2.61. The summed E-state index contributed by atoms with van der Waals surface area (Å²) in [5.41, 5.74) is 1.79. The monoisotopic (exact) mass is 211 g/mol.